The summed E-state index contributed by atoms with van der Waals surface area (Å²) >= 11 is 0. The zero-order chi connectivity index (χ0) is 18.4. The van der Waals surface area contributed by atoms with Crippen molar-refractivity contribution in [2.45, 2.75) is 46.1 Å². The average Bonchev–Trinajstić information content (AvgIpc) is 2.80. The number of rotatable bonds is 3. The lowest BCUT2D eigenvalue weighted by molar-refractivity contribution is -0.145. The Kier molecular flexibility index (Phi) is 4.45. The monoisotopic (exact) mass is 346 g/mol. The second kappa shape index (κ2) is 6.29. The molecule has 0 aromatic carbocycles. The van der Waals surface area contributed by atoms with Gasteiger partial charge in [-0.25, -0.2) is 0 Å². The van der Waals surface area contributed by atoms with Gasteiger partial charge in [0.25, 0.3) is 5.56 Å². The van der Waals surface area contributed by atoms with E-state index in [2.05, 4.69) is 10.1 Å². The molecule has 1 N–H and O–H groups in total. The molecule has 1 fully saturated rings. The number of nitrogens with zero attached hydrogens (tertiary/aromatic N) is 3. The van der Waals surface area contributed by atoms with Gasteiger partial charge in [0.1, 0.15) is 5.65 Å². The summed E-state index contributed by atoms with van der Waals surface area (Å²) in [6.45, 7) is 9.59. The summed E-state index contributed by atoms with van der Waals surface area (Å²) in [5.41, 5.74) is 2.75. The van der Waals surface area contributed by atoms with E-state index in [-0.39, 0.29) is 17.1 Å². The van der Waals surface area contributed by atoms with Gasteiger partial charge in [0.05, 0.1) is 17.9 Å². The first-order valence-corrected chi connectivity index (χ1v) is 8.66. The van der Waals surface area contributed by atoms with E-state index in [0.717, 1.165) is 22.3 Å². The molecule has 1 aliphatic heterocycles. The van der Waals surface area contributed by atoms with E-state index in [1.165, 1.54) is 0 Å². The highest BCUT2D eigenvalue weighted by atomic mass is 16.5. The van der Waals surface area contributed by atoms with Gasteiger partial charge in [-0.15, -0.1) is 0 Å². The summed E-state index contributed by atoms with van der Waals surface area (Å²) < 4.78 is 7.34. The van der Waals surface area contributed by atoms with Crippen LogP contribution < -0.4 is 5.56 Å². The Morgan fingerprint density at radius 2 is 2.08 bits per heavy atom. The fourth-order valence-corrected chi connectivity index (χ4v) is 3.68. The van der Waals surface area contributed by atoms with Crippen molar-refractivity contribution in [3.05, 3.63) is 27.2 Å². The van der Waals surface area contributed by atoms with Crippen molar-refractivity contribution in [1.29, 1.82) is 0 Å². The van der Waals surface area contributed by atoms with E-state index in [4.69, 9.17) is 4.74 Å². The minimum Gasteiger partial charge on any atom is -0.372 e. The third-order valence-electron chi connectivity index (χ3n) is 4.92. The fourth-order valence-electron chi connectivity index (χ4n) is 3.68. The van der Waals surface area contributed by atoms with Gasteiger partial charge < -0.3 is 14.6 Å². The smallest absolute Gasteiger partial charge is 0.253 e. The highest BCUT2D eigenvalue weighted by molar-refractivity contribution is 5.83. The molecule has 1 aliphatic rings. The van der Waals surface area contributed by atoms with Gasteiger partial charge in [0.15, 0.2) is 0 Å². The lowest BCUT2D eigenvalue weighted by Crippen LogP contribution is -2.50. The second-order valence-electron chi connectivity index (χ2n) is 7.41. The molecule has 1 amide bonds. The fraction of sp³-hybridized carbons (Fsp3) is 0.611. The first kappa shape index (κ1) is 17.7. The van der Waals surface area contributed by atoms with Crippen molar-refractivity contribution in [3.63, 3.8) is 0 Å². The number of pyridine rings is 1. The van der Waals surface area contributed by atoms with Gasteiger partial charge in [-0.05, 0) is 39.7 Å². The molecule has 2 aromatic rings. The quantitative estimate of drug-likeness (QED) is 0.912. The van der Waals surface area contributed by atoms with Crippen molar-refractivity contribution in [2.75, 3.05) is 19.7 Å². The Bertz CT molecular complexity index is 879. The number of carbonyl (C=O) groups excluding carboxylic acids is 1. The number of H-pyrrole nitrogens is 1. The molecule has 3 heterocycles. The number of ether oxygens (including phenoxy) is 1. The number of aromatic amines is 1. The van der Waals surface area contributed by atoms with Gasteiger partial charge in [-0.1, -0.05) is 0 Å². The minimum atomic E-state index is -0.312. The van der Waals surface area contributed by atoms with E-state index in [1.54, 1.807) is 4.68 Å². The van der Waals surface area contributed by atoms with Crippen LogP contribution >= 0.6 is 0 Å². The number of aromatic nitrogens is 3. The van der Waals surface area contributed by atoms with Crippen LogP contribution in [0.1, 0.15) is 37.1 Å². The summed E-state index contributed by atoms with van der Waals surface area (Å²) in [6, 6.07) is 0. The number of nitrogens with one attached hydrogen (secondary N) is 1. The van der Waals surface area contributed by atoms with Crippen LogP contribution in [0.4, 0.5) is 0 Å². The molecule has 0 saturated carbocycles. The highest BCUT2D eigenvalue weighted by Crippen LogP contribution is 2.22. The van der Waals surface area contributed by atoms with Crippen LogP contribution in [-0.4, -0.2) is 50.9 Å². The predicted octanol–water partition coefficient (Wildman–Crippen LogP) is 1.45. The van der Waals surface area contributed by atoms with Gasteiger partial charge in [-0.3, -0.25) is 14.3 Å². The van der Waals surface area contributed by atoms with E-state index >= 15 is 0 Å². The van der Waals surface area contributed by atoms with Crippen LogP contribution in [0.3, 0.4) is 0 Å². The molecule has 7 heteroatoms. The zero-order valence-electron chi connectivity index (χ0n) is 15.6. The largest absolute Gasteiger partial charge is 0.372 e. The lowest BCUT2D eigenvalue weighted by atomic mass is 10.0. The normalized spacial score (nSPS) is 17.2. The number of amides is 1. The van der Waals surface area contributed by atoms with Crippen LogP contribution in [0.2, 0.25) is 0 Å². The maximum Gasteiger partial charge on any atom is 0.253 e. The van der Waals surface area contributed by atoms with Crippen molar-refractivity contribution < 1.29 is 9.53 Å². The maximum absolute atomic E-state index is 12.6. The molecule has 7 nitrogen and oxygen atoms in total. The molecular weight excluding hydrogens is 320 g/mol. The molecule has 0 unspecified atom stereocenters. The molecule has 25 heavy (non-hydrogen) atoms. The Hall–Kier alpha value is -2.15. The van der Waals surface area contributed by atoms with E-state index < -0.39 is 0 Å². The molecule has 136 valence electrons. The number of morpholine rings is 1. The van der Waals surface area contributed by atoms with Crippen molar-refractivity contribution in [2.24, 2.45) is 7.05 Å². The van der Waals surface area contributed by atoms with E-state index in [1.807, 2.05) is 39.6 Å². The summed E-state index contributed by atoms with van der Waals surface area (Å²) in [6.07, 6.45) is 0.757. The number of carbonyl (C=O) groups is 1. The zero-order valence-corrected chi connectivity index (χ0v) is 15.6. The first-order valence-electron chi connectivity index (χ1n) is 8.66. The Morgan fingerprint density at radius 1 is 1.36 bits per heavy atom. The summed E-state index contributed by atoms with van der Waals surface area (Å²) in [5.74, 6) is 0.0678. The molecule has 3 rings (SSSR count). The maximum atomic E-state index is 12.6. The summed E-state index contributed by atoms with van der Waals surface area (Å²) in [4.78, 5) is 29.8. The van der Waals surface area contributed by atoms with E-state index in [0.29, 0.717) is 38.1 Å². The molecule has 0 radical (unpaired) electrons. The molecule has 0 spiro atoms. The van der Waals surface area contributed by atoms with Gasteiger partial charge in [0, 0.05) is 37.5 Å². The Balaban J connectivity index is 1.80. The molecule has 0 aliphatic carbocycles. The predicted molar refractivity (Wildman–Crippen MR) is 95.7 cm³/mol. The van der Waals surface area contributed by atoms with Gasteiger partial charge >= 0.3 is 0 Å². The van der Waals surface area contributed by atoms with Crippen LogP contribution in [0, 0.1) is 13.8 Å². The van der Waals surface area contributed by atoms with Crippen LogP contribution in [0.15, 0.2) is 4.79 Å². The van der Waals surface area contributed by atoms with Crippen LogP contribution in [-0.2, 0) is 23.0 Å². The number of fused-ring (bicyclic) bond motifs is 1. The average molecular weight is 346 g/mol. The summed E-state index contributed by atoms with van der Waals surface area (Å²) in [5, 5.41) is 5.34. The first-order chi connectivity index (χ1) is 11.7. The lowest BCUT2D eigenvalue weighted by Gasteiger charge is -2.38. The highest BCUT2D eigenvalue weighted by Gasteiger charge is 2.29. The Morgan fingerprint density at radius 3 is 2.76 bits per heavy atom. The van der Waals surface area contributed by atoms with Gasteiger partial charge in [-0.2, -0.15) is 5.10 Å². The van der Waals surface area contributed by atoms with Crippen molar-refractivity contribution in [1.82, 2.24) is 19.7 Å². The molecule has 2 aromatic heterocycles. The minimum absolute atomic E-state index is 0.0678. The van der Waals surface area contributed by atoms with Crippen molar-refractivity contribution >= 4 is 16.9 Å². The number of hydrogen-bond acceptors (Lipinski definition) is 4. The Labute approximate surface area is 147 Å². The molecular formula is C18H26N4O3. The van der Waals surface area contributed by atoms with Crippen molar-refractivity contribution in [3.8, 4) is 0 Å². The van der Waals surface area contributed by atoms with Gasteiger partial charge in [0.2, 0.25) is 5.91 Å². The number of hydrogen-bond donors (Lipinski definition) is 1. The second-order valence-corrected chi connectivity index (χ2v) is 7.41. The SMILES string of the molecule is Cc1nn(C)c2[nH]c(=O)c(CCC(=O)N3CCOC(C)(C)C3)c(C)c12. The third-order valence-corrected chi connectivity index (χ3v) is 4.92. The topological polar surface area (TPSA) is 80.2 Å². The molecule has 1 saturated heterocycles. The van der Waals surface area contributed by atoms with E-state index in [9.17, 15) is 9.59 Å². The summed E-state index contributed by atoms with van der Waals surface area (Å²) in [7, 11) is 1.81. The molecule has 0 bridgehead atoms. The third kappa shape index (κ3) is 3.33. The van der Waals surface area contributed by atoms with Crippen LogP contribution in [0.5, 0.6) is 0 Å². The standard InChI is InChI=1S/C18H26N4O3/c1-11-13(17(24)19-16-15(11)12(2)20-21(16)5)6-7-14(23)22-8-9-25-18(3,4)10-22/h6-10H2,1-5H3,(H,19,24). The molecule has 0 atom stereocenters. The van der Waals surface area contributed by atoms with Crippen LogP contribution in [0.25, 0.3) is 11.0 Å². The number of aryl methyl sites for hydroxylation is 3.